The van der Waals surface area contributed by atoms with Crippen LogP contribution in [0, 0.1) is 20.2 Å². The third kappa shape index (κ3) is 3.97. The zero-order chi connectivity index (χ0) is 23.0. The molecule has 4 rings (SSSR count). The van der Waals surface area contributed by atoms with E-state index in [1.54, 1.807) is 5.38 Å². The second-order valence-corrected chi connectivity index (χ2v) is 8.38. The first-order valence-electron chi connectivity index (χ1n) is 7.95. The summed E-state index contributed by atoms with van der Waals surface area (Å²) in [4.78, 5) is 20.2. The highest BCUT2D eigenvalue weighted by Gasteiger charge is 2.26. The summed E-state index contributed by atoms with van der Waals surface area (Å²) in [7, 11) is 1.32. The first-order chi connectivity index (χ1) is 14.6. The fourth-order valence-electron chi connectivity index (χ4n) is 2.68. The molecule has 0 aliphatic rings. The number of benzene rings is 2. The van der Waals surface area contributed by atoms with Crippen molar-refractivity contribution < 1.29 is 29.9 Å². The molecule has 2 aromatic heterocycles. The summed E-state index contributed by atoms with van der Waals surface area (Å²) in [5.74, 6) is -1.71. The Kier molecular flexibility index (Phi) is 6.27. The Morgan fingerprint density at radius 3 is 1.77 bits per heavy atom. The van der Waals surface area contributed by atoms with Crippen LogP contribution in [0.1, 0.15) is 0 Å². The normalized spacial score (nSPS) is 10.7. The maximum absolute atomic E-state index is 10.9. The second kappa shape index (κ2) is 8.59. The standard InChI is InChI=1S/C9H6ClNO4S.C8H4ClNO4S/c1-15-6-2-4-5(10)3-16-9(4)7(8(6)12)11(13)14;9-4-2-15-8-3(4)1-5(11)7(12)6(8)10(13)14/h2-3,12H,1H3;1-2,11-12H. The number of aromatic hydroxyl groups is 3. The van der Waals surface area contributed by atoms with Crippen molar-refractivity contribution in [1.29, 1.82) is 0 Å². The summed E-state index contributed by atoms with van der Waals surface area (Å²) in [6.07, 6.45) is 0. The van der Waals surface area contributed by atoms with Gasteiger partial charge in [0.1, 0.15) is 9.40 Å². The van der Waals surface area contributed by atoms with E-state index in [1.807, 2.05) is 0 Å². The van der Waals surface area contributed by atoms with Crippen LogP contribution >= 0.6 is 45.9 Å². The average Bonchev–Trinajstić information content (AvgIpc) is 3.24. The lowest BCUT2D eigenvalue weighted by Crippen LogP contribution is -1.92. The smallest absolute Gasteiger partial charge is 0.332 e. The number of hydrogen-bond donors (Lipinski definition) is 3. The maximum Gasteiger partial charge on any atom is 0.332 e. The molecule has 0 aliphatic heterocycles. The van der Waals surface area contributed by atoms with Crippen LogP contribution in [0.2, 0.25) is 10.0 Å². The summed E-state index contributed by atoms with van der Waals surface area (Å²) in [5, 5.41) is 54.5. The number of nitrogens with zero attached hydrogens (tertiary/aromatic N) is 2. The van der Waals surface area contributed by atoms with Crippen LogP contribution in [0.25, 0.3) is 20.2 Å². The van der Waals surface area contributed by atoms with Gasteiger partial charge in [0.15, 0.2) is 11.5 Å². The molecule has 162 valence electrons. The number of hydrogen-bond acceptors (Lipinski definition) is 10. The Hall–Kier alpha value is -3.06. The van der Waals surface area contributed by atoms with Gasteiger partial charge in [0.25, 0.3) is 0 Å². The minimum atomic E-state index is -0.746. The quantitative estimate of drug-likeness (QED) is 0.173. The van der Waals surface area contributed by atoms with Crippen LogP contribution in [-0.4, -0.2) is 32.3 Å². The molecule has 0 amide bonds. The topological polar surface area (TPSA) is 156 Å². The lowest BCUT2D eigenvalue weighted by molar-refractivity contribution is -0.384. The van der Waals surface area contributed by atoms with Gasteiger partial charge in [0.05, 0.1) is 27.0 Å². The fourth-order valence-corrected chi connectivity index (χ4v) is 5.21. The minimum absolute atomic E-state index is 0.0412. The van der Waals surface area contributed by atoms with Crippen molar-refractivity contribution in [3.8, 4) is 23.0 Å². The van der Waals surface area contributed by atoms with Crippen LogP contribution in [0.4, 0.5) is 11.4 Å². The maximum atomic E-state index is 10.9. The number of phenolic OH excluding ortho intramolecular Hbond substituents is 3. The zero-order valence-electron chi connectivity index (χ0n) is 15.2. The summed E-state index contributed by atoms with van der Waals surface area (Å²) in [6.45, 7) is 0. The highest BCUT2D eigenvalue weighted by Crippen LogP contribution is 2.47. The predicted octanol–water partition coefficient (Wildman–Crippen LogP) is 6.05. The number of fused-ring (bicyclic) bond motifs is 2. The van der Waals surface area contributed by atoms with Crippen molar-refractivity contribution in [3.05, 3.63) is 53.2 Å². The largest absolute Gasteiger partial charge is 0.504 e. The molecular formula is C17H10Cl2N2O8S2. The highest BCUT2D eigenvalue weighted by atomic mass is 35.5. The van der Waals surface area contributed by atoms with E-state index in [0.717, 1.165) is 22.7 Å². The van der Waals surface area contributed by atoms with Gasteiger partial charge >= 0.3 is 11.4 Å². The van der Waals surface area contributed by atoms with Gasteiger partial charge in [-0.05, 0) is 12.1 Å². The average molecular weight is 505 g/mol. The van der Waals surface area contributed by atoms with E-state index < -0.39 is 32.8 Å². The van der Waals surface area contributed by atoms with Gasteiger partial charge in [-0.2, -0.15) is 0 Å². The minimum Gasteiger partial charge on any atom is -0.504 e. The number of phenols is 3. The van der Waals surface area contributed by atoms with Gasteiger partial charge in [0.2, 0.25) is 11.5 Å². The molecule has 0 saturated carbocycles. The van der Waals surface area contributed by atoms with E-state index in [4.69, 9.17) is 27.9 Å². The molecule has 0 fully saturated rings. The predicted molar refractivity (Wildman–Crippen MR) is 119 cm³/mol. The molecule has 0 atom stereocenters. The zero-order valence-corrected chi connectivity index (χ0v) is 18.3. The summed E-state index contributed by atoms with van der Waals surface area (Å²) >= 11 is 13.8. The molecule has 31 heavy (non-hydrogen) atoms. The van der Waals surface area contributed by atoms with E-state index in [-0.39, 0.29) is 16.1 Å². The van der Waals surface area contributed by atoms with E-state index in [1.165, 1.54) is 24.6 Å². The molecule has 4 aromatic rings. The van der Waals surface area contributed by atoms with Crippen molar-refractivity contribution in [3.63, 3.8) is 0 Å². The van der Waals surface area contributed by atoms with Gasteiger partial charge in [-0.1, -0.05) is 23.2 Å². The van der Waals surface area contributed by atoms with Crippen LogP contribution in [0.3, 0.4) is 0 Å². The number of methoxy groups -OCH3 is 1. The van der Waals surface area contributed by atoms with Crippen LogP contribution < -0.4 is 4.74 Å². The third-order valence-corrected chi connectivity index (χ3v) is 6.95. The SMILES string of the molecule is COc1cc2c(Cl)csc2c([N+](=O)[O-])c1O.O=[N+]([O-])c1c(O)c(O)cc2c(Cl)csc12. The molecule has 2 heterocycles. The molecule has 0 unspecified atom stereocenters. The monoisotopic (exact) mass is 504 g/mol. The highest BCUT2D eigenvalue weighted by molar-refractivity contribution is 7.18. The van der Waals surface area contributed by atoms with Gasteiger partial charge < -0.3 is 20.1 Å². The summed E-state index contributed by atoms with van der Waals surface area (Å²) in [6, 6.07) is 2.69. The Bertz CT molecular complexity index is 1350. The van der Waals surface area contributed by atoms with Crippen molar-refractivity contribution >= 4 is 77.4 Å². The van der Waals surface area contributed by atoms with Crippen molar-refractivity contribution in [2.45, 2.75) is 0 Å². The van der Waals surface area contributed by atoms with Crippen LogP contribution in [0.15, 0.2) is 22.9 Å². The number of rotatable bonds is 3. The first-order valence-corrected chi connectivity index (χ1v) is 10.5. The first kappa shape index (κ1) is 22.6. The molecule has 0 spiro atoms. The van der Waals surface area contributed by atoms with Crippen molar-refractivity contribution in [1.82, 2.24) is 0 Å². The Labute approximate surface area is 190 Å². The second-order valence-electron chi connectivity index (χ2n) is 5.80. The van der Waals surface area contributed by atoms with Gasteiger partial charge in [-0.3, -0.25) is 20.2 Å². The molecule has 0 radical (unpaired) electrons. The summed E-state index contributed by atoms with van der Waals surface area (Å²) in [5.41, 5.74) is -0.881. The molecule has 0 saturated heterocycles. The number of halogens is 2. The molecular weight excluding hydrogens is 495 g/mol. The lowest BCUT2D eigenvalue weighted by atomic mass is 10.2. The Morgan fingerprint density at radius 1 is 0.871 bits per heavy atom. The van der Waals surface area contributed by atoms with Crippen LogP contribution in [-0.2, 0) is 0 Å². The van der Waals surface area contributed by atoms with E-state index in [9.17, 15) is 35.5 Å². The van der Waals surface area contributed by atoms with Crippen molar-refractivity contribution in [2.24, 2.45) is 0 Å². The molecule has 3 N–H and O–H groups in total. The van der Waals surface area contributed by atoms with Gasteiger partial charge in [-0.25, -0.2) is 0 Å². The van der Waals surface area contributed by atoms with Gasteiger partial charge in [-0.15, -0.1) is 22.7 Å². The third-order valence-electron chi connectivity index (χ3n) is 4.06. The Balaban J connectivity index is 0.000000176. The molecule has 2 aromatic carbocycles. The Morgan fingerprint density at radius 2 is 1.32 bits per heavy atom. The molecule has 0 aliphatic carbocycles. The van der Waals surface area contributed by atoms with Gasteiger partial charge in [0, 0.05) is 21.5 Å². The van der Waals surface area contributed by atoms with E-state index >= 15 is 0 Å². The fraction of sp³-hybridized carbons (Fsp3) is 0.0588. The number of ether oxygens (including phenoxy) is 1. The van der Waals surface area contributed by atoms with Crippen molar-refractivity contribution in [2.75, 3.05) is 7.11 Å². The number of nitro groups is 2. The summed E-state index contributed by atoms with van der Waals surface area (Å²) < 4.78 is 5.45. The molecule has 14 heteroatoms. The lowest BCUT2D eigenvalue weighted by Gasteiger charge is -2.04. The number of nitro benzene ring substituents is 2. The molecule has 0 bridgehead atoms. The molecule has 10 nitrogen and oxygen atoms in total. The number of thiophene rings is 2. The van der Waals surface area contributed by atoms with E-state index in [2.05, 4.69) is 0 Å². The van der Waals surface area contributed by atoms with E-state index in [0.29, 0.717) is 25.5 Å². The van der Waals surface area contributed by atoms with Crippen LogP contribution in [0.5, 0.6) is 23.0 Å².